The molecule has 178 valence electrons. The summed E-state index contributed by atoms with van der Waals surface area (Å²) in [4.78, 5) is 14.8. The number of aryl methyl sites for hydroxylation is 3. The van der Waals surface area contributed by atoms with Crippen molar-refractivity contribution in [3.05, 3.63) is 64.5 Å². The molecule has 2 aromatic carbocycles. The lowest BCUT2D eigenvalue weighted by molar-refractivity contribution is -0.458. The van der Waals surface area contributed by atoms with Gasteiger partial charge < -0.3 is 9.47 Å². The van der Waals surface area contributed by atoms with Gasteiger partial charge in [-0.15, -0.1) is 4.58 Å². The van der Waals surface area contributed by atoms with Crippen LogP contribution in [0.1, 0.15) is 56.1 Å². The number of nitrogens with zero attached hydrogens (tertiary/aromatic N) is 2. The Morgan fingerprint density at radius 3 is 2.36 bits per heavy atom. The molecule has 5 nitrogen and oxygen atoms in total. The fourth-order valence-corrected chi connectivity index (χ4v) is 3.85. The second kappa shape index (κ2) is 10.0. The molecule has 2 aromatic rings. The number of halogens is 1. The van der Waals surface area contributed by atoms with E-state index in [9.17, 15) is 9.18 Å². The summed E-state index contributed by atoms with van der Waals surface area (Å²) in [6.07, 6.45) is -0.661. The molecular formula is C27H36FN2O3+. The summed E-state index contributed by atoms with van der Waals surface area (Å²) in [5, 5.41) is 0. The van der Waals surface area contributed by atoms with Crippen LogP contribution in [0.3, 0.4) is 0 Å². The number of rotatable bonds is 5. The molecule has 1 heterocycles. The highest BCUT2D eigenvalue weighted by Crippen LogP contribution is 2.26. The summed E-state index contributed by atoms with van der Waals surface area (Å²) < 4.78 is 28.0. The molecule has 0 spiro atoms. The van der Waals surface area contributed by atoms with E-state index in [-0.39, 0.29) is 18.0 Å². The van der Waals surface area contributed by atoms with E-state index in [2.05, 4.69) is 18.7 Å². The lowest BCUT2D eigenvalue weighted by atomic mass is 10.1. The number of hydrogen-bond acceptors (Lipinski definition) is 4. The minimum atomic E-state index is -0.533. The van der Waals surface area contributed by atoms with Crippen molar-refractivity contribution in [1.82, 2.24) is 4.90 Å². The van der Waals surface area contributed by atoms with Crippen molar-refractivity contribution >= 4 is 11.8 Å². The lowest BCUT2D eigenvalue weighted by Crippen LogP contribution is -2.48. The van der Waals surface area contributed by atoms with Crippen molar-refractivity contribution in [2.75, 3.05) is 26.2 Å². The number of hydrogen-bond donors (Lipinski definition) is 0. The van der Waals surface area contributed by atoms with Gasteiger partial charge in [0, 0.05) is 13.5 Å². The summed E-state index contributed by atoms with van der Waals surface area (Å²) in [6.45, 7) is 15.8. The van der Waals surface area contributed by atoms with Gasteiger partial charge in [0.2, 0.25) is 0 Å². The Hall–Kier alpha value is -2.73. The molecule has 1 aliphatic rings. The summed E-state index contributed by atoms with van der Waals surface area (Å²) in [5.74, 6) is 0.524. The number of amides is 1. The van der Waals surface area contributed by atoms with Crippen molar-refractivity contribution in [3.8, 4) is 5.75 Å². The first-order chi connectivity index (χ1) is 15.4. The number of carbonyl (C=O) groups is 1. The third-order valence-electron chi connectivity index (χ3n) is 5.92. The van der Waals surface area contributed by atoms with E-state index < -0.39 is 5.60 Å². The minimum absolute atomic E-state index is 0.237. The van der Waals surface area contributed by atoms with Gasteiger partial charge >= 0.3 is 6.09 Å². The van der Waals surface area contributed by atoms with Gasteiger partial charge in [-0.2, -0.15) is 4.79 Å². The fourth-order valence-electron chi connectivity index (χ4n) is 3.85. The molecule has 0 N–H and O–H groups in total. The van der Waals surface area contributed by atoms with E-state index in [1.165, 1.54) is 5.56 Å². The molecule has 0 fully saturated rings. The highest BCUT2D eigenvalue weighted by atomic mass is 19.1. The Morgan fingerprint density at radius 1 is 1.06 bits per heavy atom. The molecule has 6 heteroatoms. The van der Waals surface area contributed by atoms with E-state index >= 15 is 0 Å². The topological polar surface area (TPSA) is 41.8 Å². The molecule has 0 saturated heterocycles. The molecular weight excluding hydrogens is 419 g/mol. The first-order valence-electron chi connectivity index (χ1n) is 11.5. The van der Waals surface area contributed by atoms with Crippen LogP contribution < -0.4 is 4.74 Å². The molecule has 1 aliphatic heterocycles. The molecule has 0 saturated carbocycles. The zero-order valence-corrected chi connectivity index (χ0v) is 20.9. The van der Waals surface area contributed by atoms with E-state index in [1.807, 2.05) is 52.0 Å². The molecule has 3 rings (SSSR count). The molecule has 1 amide bonds. The average Bonchev–Trinajstić information content (AvgIpc) is 2.71. The van der Waals surface area contributed by atoms with Crippen molar-refractivity contribution in [3.63, 3.8) is 0 Å². The molecule has 1 unspecified atom stereocenters. The smallest absolute Gasteiger partial charge is 0.484 e. The Balaban J connectivity index is 1.81. The first-order valence-corrected chi connectivity index (χ1v) is 11.5. The van der Waals surface area contributed by atoms with Gasteiger partial charge in [0.15, 0.2) is 12.3 Å². The monoisotopic (exact) mass is 455 g/mol. The predicted molar refractivity (Wildman–Crippen MR) is 129 cm³/mol. The van der Waals surface area contributed by atoms with Crippen molar-refractivity contribution in [2.45, 2.75) is 60.2 Å². The molecule has 0 aliphatic carbocycles. The van der Waals surface area contributed by atoms with Gasteiger partial charge in [0.25, 0.3) is 0 Å². The van der Waals surface area contributed by atoms with Crippen LogP contribution in [0.2, 0.25) is 0 Å². The quantitative estimate of drug-likeness (QED) is 0.551. The zero-order chi connectivity index (χ0) is 24.3. The van der Waals surface area contributed by atoms with Gasteiger partial charge in [-0.1, -0.05) is 18.2 Å². The molecule has 1 atom stereocenters. The standard InChI is InChI=1S/C27H36FN2O3/c1-18-9-11-23(14-20(18)3)32-25(22-10-8-19(2)24(28)15-22)17-29-12-13-30(21(4)16-29)26(31)33-27(5,6)7/h8-11,14-15,25H,12-13,16-17H2,1-7H3/q+1. The van der Waals surface area contributed by atoms with E-state index in [4.69, 9.17) is 9.47 Å². The van der Waals surface area contributed by atoms with Crippen LogP contribution in [0.5, 0.6) is 5.75 Å². The van der Waals surface area contributed by atoms with Gasteiger partial charge in [-0.25, -0.2) is 4.39 Å². The Kier molecular flexibility index (Phi) is 7.58. The predicted octanol–water partition coefficient (Wildman–Crippen LogP) is 5.60. The highest BCUT2D eigenvalue weighted by molar-refractivity contribution is 5.83. The van der Waals surface area contributed by atoms with Gasteiger partial charge in [0.1, 0.15) is 23.3 Å². The highest BCUT2D eigenvalue weighted by Gasteiger charge is 2.33. The normalized spacial score (nSPS) is 16.0. The van der Waals surface area contributed by atoms with Crippen LogP contribution in [0.25, 0.3) is 0 Å². The third kappa shape index (κ3) is 6.64. The molecule has 0 bridgehead atoms. The maximum Gasteiger partial charge on any atom is 0.596 e. The van der Waals surface area contributed by atoms with Gasteiger partial charge in [-0.3, -0.25) is 4.90 Å². The number of benzene rings is 2. The number of ether oxygens (including phenoxy) is 2. The van der Waals surface area contributed by atoms with Crippen LogP contribution in [-0.2, 0) is 4.74 Å². The maximum absolute atomic E-state index is 14.4. The molecule has 0 radical (unpaired) electrons. The van der Waals surface area contributed by atoms with Crippen molar-refractivity contribution in [2.24, 2.45) is 0 Å². The Bertz CT molecular complexity index is 1060. The van der Waals surface area contributed by atoms with E-state index in [0.29, 0.717) is 31.7 Å². The third-order valence-corrected chi connectivity index (χ3v) is 5.92. The summed E-state index contributed by atoms with van der Waals surface area (Å²) in [6, 6.07) is 11.3. The van der Waals surface area contributed by atoms with Crippen LogP contribution in [0.15, 0.2) is 36.4 Å². The maximum atomic E-state index is 14.4. The van der Waals surface area contributed by atoms with Crippen LogP contribution in [0, 0.1) is 26.6 Å². The Morgan fingerprint density at radius 2 is 1.76 bits per heavy atom. The van der Waals surface area contributed by atoms with Gasteiger partial charge in [-0.05, 0) is 82.0 Å². The second-order valence-corrected chi connectivity index (χ2v) is 9.96. The van der Waals surface area contributed by atoms with E-state index in [0.717, 1.165) is 22.6 Å². The van der Waals surface area contributed by atoms with Crippen molar-refractivity contribution < 1.29 is 23.2 Å². The molecule has 0 aromatic heterocycles. The first kappa shape index (κ1) is 24.9. The van der Waals surface area contributed by atoms with Crippen LogP contribution in [-0.4, -0.2) is 53.1 Å². The Labute approximate surface area is 196 Å². The average molecular weight is 456 g/mol. The summed E-state index contributed by atoms with van der Waals surface area (Å²) >= 11 is 0. The lowest BCUT2D eigenvalue weighted by Gasteiger charge is -2.30. The van der Waals surface area contributed by atoms with Gasteiger partial charge in [0.05, 0.1) is 13.1 Å². The minimum Gasteiger partial charge on any atom is -0.484 e. The van der Waals surface area contributed by atoms with Crippen LogP contribution >= 0.6 is 0 Å². The van der Waals surface area contributed by atoms with Crippen LogP contribution in [0.4, 0.5) is 9.18 Å². The summed E-state index contributed by atoms with van der Waals surface area (Å²) in [5.41, 5.74) is 4.15. The van der Waals surface area contributed by atoms with Crippen molar-refractivity contribution in [1.29, 1.82) is 0 Å². The zero-order valence-electron chi connectivity index (χ0n) is 20.9. The second-order valence-electron chi connectivity index (χ2n) is 9.96. The van der Waals surface area contributed by atoms with E-state index in [1.54, 1.807) is 23.6 Å². The largest absolute Gasteiger partial charge is 0.596 e. The number of carbonyl (C=O) groups excluding carboxylic acids is 1. The molecule has 33 heavy (non-hydrogen) atoms. The summed E-state index contributed by atoms with van der Waals surface area (Å²) in [7, 11) is 0. The SMILES string of the molecule is CC1=[N+](C(=O)OC(C)(C)C)CCN(CC(Oc2ccc(C)c(C)c2)c2ccc(C)c(F)c2)C1. The fraction of sp³-hybridized carbons (Fsp3) is 0.481.